The quantitative estimate of drug-likeness (QED) is 0.745. The largest absolute Gasteiger partial charge is 0.416 e. The minimum Gasteiger partial charge on any atom is -0.278 e. The second-order valence-corrected chi connectivity index (χ2v) is 4.43. The molecular weight excluding hydrogens is 281 g/mol. The van der Waals surface area contributed by atoms with Gasteiger partial charge in [-0.3, -0.25) is 10.1 Å². The van der Waals surface area contributed by atoms with Crippen LogP contribution < -0.4 is 0 Å². The van der Waals surface area contributed by atoms with E-state index in [2.05, 4.69) is 15.2 Å². The van der Waals surface area contributed by atoms with Crippen LogP contribution >= 0.6 is 0 Å². The monoisotopic (exact) mass is 288 g/mol. The Kier molecular flexibility index (Phi) is 2.87. The number of nitriles is 1. The van der Waals surface area contributed by atoms with Crippen LogP contribution in [0.2, 0.25) is 0 Å². The predicted octanol–water partition coefficient (Wildman–Crippen LogP) is 3.52. The first-order chi connectivity index (χ1) is 9.99. The Balaban J connectivity index is 2.30. The van der Waals surface area contributed by atoms with Crippen molar-refractivity contribution in [2.24, 2.45) is 0 Å². The summed E-state index contributed by atoms with van der Waals surface area (Å²) >= 11 is 0. The lowest BCUT2D eigenvalue weighted by atomic mass is 9.99. The van der Waals surface area contributed by atoms with E-state index in [0.717, 1.165) is 12.1 Å². The maximum absolute atomic E-state index is 13.0. The van der Waals surface area contributed by atoms with Crippen molar-refractivity contribution in [3.8, 4) is 17.2 Å². The fraction of sp³-hybridized carbons (Fsp3) is 0.0714. The van der Waals surface area contributed by atoms with E-state index < -0.39 is 11.7 Å². The molecule has 1 N–H and O–H groups in total. The number of H-pyrrole nitrogens is 1. The molecule has 0 atom stereocenters. The molecule has 0 aliphatic rings. The summed E-state index contributed by atoms with van der Waals surface area (Å²) in [5.41, 5.74) is 0.546. The number of nitrogens with one attached hydrogen (secondary N) is 1. The molecule has 0 saturated carbocycles. The number of hydrogen-bond acceptors (Lipinski definition) is 3. The minimum absolute atomic E-state index is 0.279. The van der Waals surface area contributed by atoms with Crippen LogP contribution in [-0.2, 0) is 6.18 Å². The summed E-state index contributed by atoms with van der Waals surface area (Å²) in [5.74, 6) is 0. The summed E-state index contributed by atoms with van der Waals surface area (Å²) in [6, 6.07) is 5.46. The van der Waals surface area contributed by atoms with Crippen LogP contribution in [0.25, 0.3) is 22.0 Å². The predicted molar refractivity (Wildman–Crippen MR) is 69.0 cm³/mol. The van der Waals surface area contributed by atoms with Gasteiger partial charge in [-0.2, -0.15) is 23.5 Å². The van der Waals surface area contributed by atoms with Crippen molar-refractivity contribution in [2.75, 3.05) is 0 Å². The molecule has 0 fully saturated rings. The fourth-order valence-corrected chi connectivity index (χ4v) is 2.10. The second kappa shape index (κ2) is 4.59. The molecule has 0 unspecified atom stereocenters. The Morgan fingerprint density at radius 1 is 1.10 bits per heavy atom. The third-order valence-electron chi connectivity index (χ3n) is 3.06. The molecule has 3 aromatic rings. The van der Waals surface area contributed by atoms with Gasteiger partial charge in [-0.05, 0) is 23.8 Å². The number of alkyl halides is 3. The number of fused-ring (bicyclic) bond motifs is 1. The van der Waals surface area contributed by atoms with Crippen LogP contribution in [0.3, 0.4) is 0 Å². The maximum Gasteiger partial charge on any atom is 0.416 e. The molecule has 4 nitrogen and oxygen atoms in total. The van der Waals surface area contributed by atoms with E-state index in [0.29, 0.717) is 16.5 Å². The summed E-state index contributed by atoms with van der Waals surface area (Å²) < 4.78 is 38.9. The number of benzene rings is 1. The van der Waals surface area contributed by atoms with E-state index in [1.54, 1.807) is 0 Å². The van der Waals surface area contributed by atoms with Gasteiger partial charge in [-0.1, -0.05) is 0 Å². The highest BCUT2D eigenvalue weighted by Gasteiger charge is 2.31. The van der Waals surface area contributed by atoms with E-state index in [4.69, 9.17) is 5.26 Å². The van der Waals surface area contributed by atoms with Crippen molar-refractivity contribution in [3.63, 3.8) is 0 Å². The average molecular weight is 288 g/mol. The summed E-state index contributed by atoms with van der Waals surface area (Å²) in [6.45, 7) is 0. The minimum atomic E-state index is -4.46. The van der Waals surface area contributed by atoms with Crippen molar-refractivity contribution < 1.29 is 13.2 Å². The van der Waals surface area contributed by atoms with Gasteiger partial charge in [0.2, 0.25) is 0 Å². The van der Waals surface area contributed by atoms with Crippen molar-refractivity contribution in [3.05, 3.63) is 47.9 Å². The lowest BCUT2D eigenvalue weighted by molar-refractivity contribution is -0.137. The molecule has 7 heteroatoms. The Labute approximate surface area is 116 Å². The lowest BCUT2D eigenvalue weighted by Crippen LogP contribution is -2.05. The molecule has 0 amide bonds. The zero-order valence-corrected chi connectivity index (χ0v) is 10.4. The Morgan fingerprint density at radius 3 is 2.62 bits per heavy atom. The maximum atomic E-state index is 13.0. The van der Waals surface area contributed by atoms with Gasteiger partial charge >= 0.3 is 6.18 Å². The molecule has 0 bridgehead atoms. The summed E-state index contributed by atoms with van der Waals surface area (Å²) in [4.78, 5) is 3.88. The first kappa shape index (κ1) is 13.1. The standard InChI is InChI=1S/C14H7F3N4/c15-14(16,17)10-2-11(12-7-20-21-13(12)3-10)9-1-8(4-18)5-19-6-9/h1-3,5-7H,(H,20,21). The van der Waals surface area contributed by atoms with Crippen LogP contribution in [0.15, 0.2) is 36.8 Å². The number of aromatic amines is 1. The average Bonchev–Trinajstić information content (AvgIpc) is 2.93. The van der Waals surface area contributed by atoms with Crippen molar-refractivity contribution in [2.45, 2.75) is 6.18 Å². The first-order valence-electron chi connectivity index (χ1n) is 5.89. The Morgan fingerprint density at radius 2 is 1.90 bits per heavy atom. The van der Waals surface area contributed by atoms with Gasteiger partial charge in [0, 0.05) is 23.3 Å². The first-order valence-corrected chi connectivity index (χ1v) is 5.89. The number of pyridine rings is 1. The highest BCUT2D eigenvalue weighted by molar-refractivity contribution is 5.95. The van der Waals surface area contributed by atoms with Gasteiger partial charge in [0.25, 0.3) is 0 Å². The highest BCUT2D eigenvalue weighted by atomic mass is 19.4. The molecule has 0 aliphatic heterocycles. The SMILES string of the molecule is N#Cc1cncc(-c2cc(C(F)(F)F)cc3[nH]ncc23)c1. The number of nitrogens with zero attached hydrogens (tertiary/aromatic N) is 3. The number of hydrogen-bond donors (Lipinski definition) is 1. The van der Waals surface area contributed by atoms with E-state index in [1.165, 1.54) is 24.7 Å². The topological polar surface area (TPSA) is 65.4 Å². The zero-order valence-electron chi connectivity index (χ0n) is 10.4. The third-order valence-corrected chi connectivity index (χ3v) is 3.06. The van der Waals surface area contributed by atoms with Gasteiger partial charge in [-0.15, -0.1) is 0 Å². The van der Waals surface area contributed by atoms with Gasteiger partial charge in [0.05, 0.1) is 22.8 Å². The number of halogens is 3. The van der Waals surface area contributed by atoms with Crippen molar-refractivity contribution >= 4 is 10.9 Å². The van der Waals surface area contributed by atoms with Crippen molar-refractivity contribution in [1.29, 1.82) is 5.26 Å². The fourth-order valence-electron chi connectivity index (χ4n) is 2.10. The summed E-state index contributed by atoms with van der Waals surface area (Å²) in [5, 5.41) is 15.7. The molecule has 1 aromatic carbocycles. The van der Waals surface area contributed by atoms with E-state index in [9.17, 15) is 13.2 Å². The smallest absolute Gasteiger partial charge is 0.278 e. The molecule has 0 saturated heterocycles. The van der Waals surface area contributed by atoms with Gasteiger partial charge in [0.1, 0.15) is 6.07 Å². The summed E-state index contributed by atoms with van der Waals surface area (Å²) in [7, 11) is 0. The molecule has 2 aromatic heterocycles. The van der Waals surface area contributed by atoms with Crippen LogP contribution in [0.5, 0.6) is 0 Å². The number of rotatable bonds is 1. The molecule has 3 rings (SSSR count). The molecule has 0 radical (unpaired) electrons. The molecule has 0 spiro atoms. The normalized spacial score (nSPS) is 11.5. The highest BCUT2D eigenvalue weighted by Crippen LogP contribution is 2.36. The zero-order chi connectivity index (χ0) is 15.0. The lowest BCUT2D eigenvalue weighted by Gasteiger charge is -2.10. The van der Waals surface area contributed by atoms with E-state index in [-0.39, 0.29) is 11.1 Å². The van der Waals surface area contributed by atoms with Crippen LogP contribution in [0.1, 0.15) is 11.1 Å². The van der Waals surface area contributed by atoms with Crippen LogP contribution in [-0.4, -0.2) is 15.2 Å². The molecule has 21 heavy (non-hydrogen) atoms. The van der Waals surface area contributed by atoms with Crippen molar-refractivity contribution in [1.82, 2.24) is 15.2 Å². The Hall–Kier alpha value is -2.88. The van der Waals surface area contributed by atoms with E-state index in [1.807, 2.05) is 6.07 Å². The molecule has 2 heterocycles. The van der Waals surface area contributed by atoms with Crippen LogP contribution in [0.4, 0.5) is 13.2 Å². The van der Waals surface area contributed by atoms with Gasteiger partial charge in [0.15, 0.2) is 0 Å². The Bertz CT molecular complexity index is 859. The van der Waals surface area contributed by atoms with E-state index >= 15 is 0 Å². The second-order valence-electron chi connectivity index (χ2n) is 4.43. The van der Waals surface area contributed by atoms with Gasteiger partial charge < -0.3 is 0 Å². The molecule has 104 valence electrons. The summed E-state index contributed by atoms with van der Waals surface area (Å²) in [6.07, 6.45) is -0.245. The molecular formula is C14H7F3N4. The third kappa shape index (κ3) is 2.31. The molecule has 0 aliphatic carbocycles. The number of aromatic nitrogens is 3. The van der Waals surface area contributed by atoms with Crippen LogP contribution in [0, 0.1) is 11.3 Å². The van der Waals surface area contributed by atoms with Gasteiger partial charge in [-0.25, -0.2) is 0 Å².